The number of nitrogens with zero attached hydrogens (tertiary/aromatic N) is 3. The van der Waals surface area contributed by atoms with Gasteiger partial charge >= 0.3 is 0 Å². The molecule has 0 bridgehead atoms. The number of allylic oxidation sites excluding steroid dienone is 1. The van der Waals surface area contributed by atoms with Crippen LogP contribution in [0.4, 0.5) is 22.7 Å². The lowest BCUT2D eigenvalue weighted by Crippen LogP contribution is -2.08. The first-order valence-electron chi connectivity index (χ1n) is 12.4. The van der Waals surface area contributed by atoms with Crippen LogP contribution in [0, 0.1) is 20.8 Å². The summed E-state index contributed by atoms with van der Waals surface area (Å²) in [6, 6.07) is 12.7. The highest BCUT2D eigenvalue weighted by atomic mass is 32.2. The monoisotopic (exact) mass is 600 g/mol. The minimum Gasteiger partial charge on any atom is -0.491 e. The summed E-state index contributed by atoms with van der Waals surface area (Å²) in [5, 5.41) is 8.74. The van der Waals surface area contributed by atoms with Crippen molar-refractivity contribution in [2.75, 3.05) is 18.1 Å². The predicted molar refractivity (Wildman–Crippen MR) is 160 cm³/mol. The molecule has 0 aliphatic rings. The van der Waals surface area contributed by atoms with Gasteiger partial charge in [0.1, 0.15) is 11.4 Å². The van der Waals surface area contributed by atoms with Gasteiger partial charge in [-0.25, -0.2) is 0 Å². The van der Waals surface area contributed by atoms with Gasteiger partial charge in [0.2, 0.25) is 0 Å². The van der Waals surface area contributed by atoms with E-state index in [1.165, 1.54) is 12.1 Å². The normalized spacial score (nSPS) is 12.3. The van der Waals surface area contributed by atoms with Crippen LogP contribution in [0.3, 0.4) is 0 Å². The third kappa shape index (κ3) is 9.32. The van der Waals surface area contributed by atoms with Crippen molar-refractivity contribution in [3.8, 4) is 5.75 Å². The molecular weight excluding hydrogens is 568 g/mol. The minimum atomic E-state index is -4.28. The number of benzene rings is 3. The SMILES string of the molecule is C=C(CC=Nc1cc(OCCCS(=O)(=O)O)c(N=Nc2cc(C)c(N)cc2C)cc1C)c1ccc(S(=O)(=O)O)cc1. The number of ether oxygens (including phenoxy) is 1. The molecule has 0 heterocycles. The molecule has 0 aromatic heterocycles. The van der Waals surface area contributed by atoms with Gasteiger partial charge < -0.3 is 10.5 Å². The van der Waals surface area contributed by atoms with Crippen LogP contribution >= 0.6 is 0 Å². The highest BCUT2D eigenvalue weighted by molar-refractivity contribution is 7.86. The molecule has 0 amide bonds. The number of anilines is 1. The van der Waals surface area contributed by atoms with Gasteiger partial charge in [0, 0.05) is 24.4 Å². The Morgan fingerprint density at radius 2 is 1.51 bits per heavy atom. The van der Waals surface area contributed by atoms with Crippen molar-refractivity contribution >= 4 is 54.8 Å². The highest BCUT2D eigenvalue weighted by Gasteiger charge is 2.12. The van der Waals surface area contributed by atoms with Crippen molar-refractivity contribution in [3.05, 3.63) is 77.4 Å². The molecule has 0 spiro atoms. The Morgan fingerprint density at radius 1 is 0.902 bits per heavy atom. The fraction of sp³-hybridized carbons (Fsp3) is 0.250. The molecule has 3 aromatic rings. The number of nitrogen functional groups attached to an aromatic ring is 1. The summed E-state index contributed by atoms with van der Waals surface area (Å²) in [4.78, 5) is 4.32. The van der Waals surface area contributed by atoms with Crippen LogP contribution in [-0.2, 0) is 20.2 Å². The first-order chi connectivity index (χ1) is 19.1. The second-order valence-electron chi connectivity index (χ2n) is 9.41. The number of nitrogens with two attached hydrogens (primary N) is 1. The summed E-state index contributed by atoms with van der Waals surface area (Å²) in [6.07, 6.45) is 2.06. The molecule has 13 heteroatoms. The molecule has 3 aromatic carbocycles. The van der Waals surface area contributed by atoms with E-state index in [0.29, 0.717) is 46.1 Å². The average Bonchev–Trinajstić information content (AvgIpc) is 2.88. The van der Waals surface area contributed by atoms with Gasteiger partial charge in [0.05, 0.1) is 28.6 Å². The first-order valence-corrected chi connectivity index (χ1v) is 15.5. The average molecular weight is 601 g/mol. The van der Waals surface area contributed by atoms with E-state index >= 15 is 0 Å². The Morgan fingerprint density at radius 3 is 2.15 bits per heavy atom. The van der Waals surface area contributed by atoms with Gasteiger partial charge in [-0.05, 0) is 85.4 Å². The van der Waals surface area contributed by atoms with Gasteiger partial charge in [0.15, 0.2) is 0 Å². The van der Waals surface area contributed by atoms with Gasteiger partial charge in [-0.2, -0.15) is 21.9 Å². The molecule has 0 atom stereocenters. The van der Waals surface area contributed by atoms with Gasteiger partial charge in [0.25, 0.3) is 20.2 Å². The molecule has 0 aliphatic carbocycles. The maximum Gasteiger partial charge on any atom is 0.294 e. The molecule has 0 radical (unpaired) electrons. The predicted octanol–water partition coefficient (Wildman–Crippen LogP) is 6.32. The zero-order chi connectivity index (χ0) is 30.4. The van der Waals surface area contributed by atoms with E-state index in [2.05, 4.69) is 21.8 Å². The van der Waals surface area contributed by atoms with Crippen molar-refractivity contribution < 1.29 is 30.7 Å². The second kappa shape index (κ2) is 13.2. The van der Waals surface area contributed by atoms with Gasteiger partial charge in [-0.1, -0.05) is 18.7 Å². The Kier molecular flexibility index (Phi) is 10.2. The molecule has 41 heavy (non-hydrogen) atoms. The second-order valence-corrected chi connectivity index (χ2v) is 12.4. The Labute approximate surface area is 240 Å². The van der Waals surface area contributed by atoms with Gasteiger partial charge in [-0.3, -0.25) is 14.1 Å². The van der Waals surface area contributed by atoms with E-state index in [9.17, 15) is 16.8 Å². The third-order valence-electron chi connectivity index (χ3n) is 6.06. The molecule has 11 nitrogen and oxygen atoms in total. The molecular formula is C28H32N4O7S2. The maximum atomic E-state index is 11.3. The van der Waals surface area contributed by atoms with Crippen molar-refractivity contribution in [2.24, 2.45) is 15.2 Å². The molecule has 3 rings (SSSR count). The molecule has 0 aliphatic heterocycles. The standard InChI is InChI=1S/C28H32N4O7S2/c1-18(22-6-8-23(9-7-22)41(36,37)38)10-11-30-25-17-28(39-12-5-13-40(33,34)35)27(16-21(25)4)32-31-26-15-19(2)24(29)14-20(26)3/h6-9,11,14-17H,1,5,10,12-13,29H2,2-4H3,(H,33,34,35)(H,36,37,38). The largest absolute Gasteiger partial charge is 0.491 e. The van der Waals surface area contributed by atoms with Crippen molar-refractivity contribution in [3.63, 3.8) is 0 Å². The lowest BCUT2D eigenvalue weighted by atomic mass is 10.1. The van der Waals surface area contributed by atoms with E-state index in [4.69, 9.17) is 19.6 Å². The fourth-order valence-corrected chi connectivity index (χ4v) is 4.65. The van der Waals surface area contributed by atoms with E-state index < -0.39 is 26.0 Å². The number of aliphatic imine (C=N–C) groups is 1. The summed E-state index contributed by atoms with van der Waals surface area (Å²) < 4.78 is 68.6. The molecule has 0 fully saturated rings. The number of hydrogen-bond donors (Lipinski definition) is 3. The van der Waals surface area contributed by atoms with E-state index in [1.807, 2.05) is 32.9 Å². The van der Waals surface area contributed by atoms with Crippen LogP contribution < -0.4 is 10.5 Å². The molecule has 0 saturated carbocycles. The topological polar surface area (TPSA) is 181 Å². The molecule has 0 unspecified atom stereocenters. The third-order valence-corrected chi connectivity index (χ3v) is 7.73. The van der Waals surface area contributed by atoms with Crippen LogP contribution in [0.2, 0.25) is 0 Å². The number of rotatable bonds is 12. The first kappa shape index (κ1) is 31.6. The minimum absolute atomic E-state index is 0.00485. The van der Waals surface area contributed by atoms with Crippen molar-refractivity contribution in [2.45, 2.75) is 38.5 Å². The Hall–Kier alpha value is -3.91. The smallest absolute Gasteiger partial charge is 0.294 e. The lowest BCUT2D eigenvalue weighted by molar-refractivity contribution is 0.317. The summed E-state index contributed by atoms with van der Waals surface area (Å²) in [6.45, 7) is 9.60. The highest BCUT2D eigenvalue weighted by Crippen LogP contribution is 2.37. The van der Waals surface area contributed by atoms with Crippen LogP contribution in [0.1, 0.15) is 35.1 Å². The number of azo groups is 1. The zero-order valence-corrected chi connectivity index (χ0v) is 24.5. The summed E-state index contributed by atoms with van der Waals surface area (Å²) >= 11 is 0. The van der Waals surface area contributed by atoms with Crippen molar-refractivity contribution in [1.82, 2.24) is 0 Å². The molecule has 0 saturated heterocycles. The number of aryl methyl sites for hydroxylation is 3. The van der Waals surface area contributed by atoms with Gasteiger partial charge in [-0.15, -0.1) is 5.11 Å². The quantitative estimate of drug-likeness (QED) is 0.0709. The van der Waals surface area contributed by atoms with E-state index in [0.717, 1.165) is 16.7 Å². The molecule has 218 valence electrons. The summed E-state index contributed by atoms with van der Waals surface area (Å²) in [7, 11) is -8.40. The lowest BCUT2D eigenvalue weighted by Gasteiger charge is -2.11. The Balaban J connectivity index is 1.84. The van der Waals surface area contributed by atoms with Crippen LogP contribution in [0.25, 0.3) is 5.57 Å². The zero-order valence-electron chi connectivity index (χ0n) is 22.9. The van der Waals surface area contributed by atoms with Crippen LogP contribution in [0.5, 0.6) is 5.75 Å². The maximum absolute atomic E-state index is 11.3. The molecule has 4 N–H and O–H groups in total. The van der Waals surface area contributed by atoms with Crippen LogP contribution in [0.15, 0.2) is 75.2 Å². The Bertz CT molecular complexity index is 1710. The van der Waals surface area contributed by atoms with E-state index in [1.54, 1.807) is 30.5 Å². The fourth-order valence-electron chi connectivity index (χ4n) is 3.69. The number of hydrogen-bond acceptors (Lipinski definition) is 9. The summed E-state index contributed by atoms with van der Waals surface area (Å²) in [5.41, 5.74) is 12.1. The van der Waals surface area contributed by atoms with Crippen LogP contribution in [-0.4, -0.2) is 44.5 Å². The van der Waals surface area contributed by atoms with Crippen molar-refractivity contribution in [1.29, 1.82) is 0 Å². The summed E-state index contributed by atoms with van der Waals surface area (Å²) in [5.74, 6) is -0.121. The van der Waals surface area contributed by atoms with E-state index in [-0.39, 0.29) is 17.9 Å².